The molecule has 7 heteroatoms. The number of halogens is 3. The van der Waals surface area contributed by atoms with Crippen LogP contribution in [-0.2, 0) is 0 Å². The SMILES string of the molecule is O=C(N[C@@H]1C[C@@H]2CC[C@H]1C2)c1nc(-c2ccc(Cl)cc2Cl)c(-c2ccc(Cl)cc2)s1. The molecule has 1 amide bonds. The third kappa shape index (κ3) is 3.87. The van der Waals surface area contributed by atoms with Crippen LogP contribution in [-0.4, -0.2) is 16.9 Å². The first-order valence-electron chi connectivity index (χ1n) is 10.0. The van der Waals surface area contributed by atoms with Gasteiger partial charge < -0.3 is 5.32 Å². The Morgan fingerprint density at radius 1 is 1.00 bits per heavy atom. The summed E-state index contributed by atoms with van der Waals surface area (Å²) >= 11 is 20.0. The van der Waals surface area contributed by atoms with Crippen LogP contribution in [0.3, 0.4) is 0 Å². The van der Waals surface area contributed by atoms with Crippen molar-refractivity contribution in [1.29, 1.82) is 0 Å². The molecule has 3 atom stereocenters. The van der Waals surface area contributed by atoms with E-state index in [1.54, 1.807) is 12.1 Å². The summed E-state index contributed by atoms with van der Waals surface area (Å²) < 4.78 is 0. The van der Waals surface area contributed by atoms with E-state index in [9.17, 15) is 4.79 Å². The Morgan fingerprint density at radius 2 is 1.77 bits per heavy atom. The van der Waals surface area contributed by atoms with Crippen LogP contribution in [0, 0.1) is 11.8 Å². The molecule has 3 nitrogen and oxygen atoms in total. The number of benzene rings is 2. The number of aromatic nitrogens is 1. The molecule has 1 heterocycles. The second-order valence-corrected chi connectivity index (χ2v) is 10.4. The monoisotopic (exact) mass is 476 g/mol. The van der Waals surface area contributed by atoms with Gasteiger partial charge in [0, 0.05) is 21.7 Å². The second kappa shape index (κ2) is 8.16. The largest absolute Gasteiger partial charge is 0.347 e. The first-order valence-corrected chi connectivity index (χ1v) is 12.0. The van der Waals surface area contributed by atoms with Gasteiger partial charge in [0.1, 0.15) is 0 Å². The van der Waals surface area contributed by atoms with Crippen molar-refractivity contribution in [2.75, 3.05) is 0 Å². The van der Waals surface area contributed by atoms with E-state index in [1.807, 2.05) is 30.3 Å². The third-order valence-corrected chi connectivity index (χ3v) is 8.07. The van der Waals surface area contributed by atoms with E-state index >= 15 is 0 Å². The highest BCUT2D eigenvalue weighted by molar-refractivity contribution is 7.17. The van der Waals surface area contributed by atoms with E-state index in [4.69, 9.17) is 39.8 Å². The molecular weight excluding hydrogens is 459 g/mol. The van der Waals surface area contributed by atoms with Gasteiger partial charge in [0.25, 0.3) is 5.91 Å². The number of nitrogens with zero attached hydrogens (tertiary/aromatic N) is 1. The molecule has 30 heavy (non-hydrogen) atoms. The van der Waals surface area contributed by atoms with Gasteiger partial charge in [-0.1, -0.05) is 53.4 Å². The Balaban J connectivity index is 1.52. The summed E-state index contributed by atoms with van der Waals surface area (Å²) in [5.41, 5.74) is 2.38. The zero-order valence-electron chi connectivity index (χ0n) is 16.0. The molecule has 0 aliphatic heterocycles. The number of nitrogens with one attached hydrogen (secondary N) is 1. The smallest absolute Gasteiger partial charge is 0.280 e. The number of hydrogen-bond donors (Lipinski definition) is 1. The quantitative estimate of drug-likeness (QED) is 0.426. The lowest BCUT2D eigenvalue weighted by atomic mass is 9.95. The first-order chi connectivity index (χ1) is 14.5. The van der Waals surface area contributed by atoms with Crippen molar-refractivity contribution in [3.8, 4) is 21.7 Å². The maximum absolute atomic E-state index is 13.1. The van der Waals surface area contributed by atoms with E-state index in [0.29, 0.717) is 31.7 Å². The minimum absolute atomic E-state index is 0.107. The lowest BCUT2D eigenvalue weighted by molar-refractivity contribution is 0.0922. The van der Waals surface area contributed by atoms with Gasteiger partial charge in [-0.2, -0.15) is 0 Å². The topological polar surface area (TPSA) is 42.0 Å². The Kier molecular flexibility index (Phi) is 5.53. The van der Waals surface area contributed by atoms with Crippen molar-refractivity contribution in [3.05, 3.63) is 62.5 Å². The molecule has 2 fully saturated rings. The minimum atomic E-state index is -0.107. The number of carbonyl (C=O) groups is 1. The standard InChI is InChI=1S/C23H19Cl3N2OS/c24-15-5-3-13(4-6-15)21-20(17-8-7-16(25)11-18(17)26)28-23(30-21)22(29)27-19-10-12-1-2-14(19)9-12/h3-8,11-12,14,19H,1-2,9-10H2,(H,27,29)/t12-,14+,19-/m1/s1. The molecule has 154 valence electrons. The highest BCUT2D eigenvalue weighted by atomic mass is 35.5. The van der Waals surface area contributed by atoms with Gasteiger partial charge in [0.2, 0.25) is 0 Å². The molecular formula is C23H19Cl3N2OS. The van der Waals surface area contributed by atoms with Crippen molar-refractivity contribution in [3.63, 3.8) is 0 Å². The normalized spacial score (nSPS) is 22.4. The average Bonchev–Trinajstić information content (AvgIpc) is 3.44. The molecule has 1 N–H and O–H groups in total. The van der Waals surface area contributed by atoms with Crippen molar-refractivity contribution in [2.24, 2.45) is 11.8 Å². The highest BCUT2D eigenvalue weighted by Crippen LogP contribution is 2.45. The summed E-state index contributed by atoms with van der Waals surface area (Å²) in [5, 5.41) is 5.40. The van der Waals surface area contributed by atoms with Crippen LogP contribution in [0.5, 0.6) is 0 Å². The second-order valence-electron chi connectivity index (χ2n) is 8.08. The molecule has 2 saturated carbocycles. The van der Waals surface area contributed by atoms with Gasteiger partial charge in [0.05, 0.1) is 15.6 Å². The zero-order valence-corrected chi connectivity index (χ0v) is 19.1. The van der Waals surface area contributed by atoms with E-state index in [2.05, 4.69) is 5.32 Å². The van der Waals surface area contributed by atoms with Gasteiger partial charge in [0.15, 0.2) is 5.01 Å². The lowest BCUT2D eigenvalue weighted by Gasteiger charge is -2.22. The van der Waals surface area contributed by atoms with Crippen LogP contribution in [0.1, 0.15) is 35.5 Å². The van der Waals surface area contributed by atoms with Gasteiger partial charge in [-0.3, -0.25) is 4.79 Å². The van der Waals surface area contributed by atoms with E-state index in [1.165, 1.54) is 30.6 Å². The molecule has 0 spiro atoms. The Labute approximate surface area is 194 Å². The summed E-state index contributed by atoms with van der Waals surface area (Å²) in [4.78, 5) is 18.7. The van der Waals surface area contributed by atoms with E-state index in [0.717, 1.165) is 28.3 Å². The van der Waals surface area contributed by atoms with Crippen molar-refractivity contribution in [2.45, 2.75) is 31.7 Å². The third-order valence-electron chi connectivity index (χ3n) is 6.17. The number of hydrogen-bond acceptors (Lipinski definition) is 3. The fraction of sp³-hybridized carbons (Fsp3) is 0.304. The highest BCUT2D eigenvalue weighted by Gasteiger charge is 2.40. The Bertz CT molecular complexity index is 1110. The van der Waals surface area contributed by atoms with Crippen LogP contribution < -0.4 is 5.32 Å². The maximum Gasteiger partial charge on any atom is 0.280 e. The molecule has 3 aromatic rings. The number of thiazole rings is 1. The van der Waals surface area contributed by atoms with E-state index in [-0.39, 0.29) is 11.9 Å². The van der Waals surface area contributed by atoms with Crippen LogP contribution in [0.25, 0.3) is 21.7 Å². The molecule has 0 saturated heterocycles. The van der Waals surface area contributed by atoms with Crippen LogP contribution in [0.15, 0.2) is 42.5 Å². The summed E-state index contributed by atoms with van der Waals surface area (Å²) in [6.07, 6.45) is 4.84. The van der Waals surface area contributed by atoms with Gasteiger partial charge in [-0.25, -0.2) is 4.98 Å². The lowest BCUT2D eigenvalue weighted by Crippen LogP contribution is -2.38. The van der Waals surface area contributed by atoms with Crippen molar-refractivity contribution < 1.29 is 4.79 Å². The zero-order chi connectivity index (χ0) is 20.8. The molecule has 2 aliphatic carbocycles. The number of amides is 1. The minimum Gasteiger partial charge on any atom is -0.347 e. The summed E-state index contributed by atoms with van der Waals surface area (Å²) in [6.45, 7) is 0. The van der Waals surface area contributed by atoms with Crippen LogP contribution in [0.4, 0.5) is 0 Å². The average molecular weight is 478 g/mol. The first kappa shape index (κ1) is 20.3. The Morgan fingerprint density at radius 3 is 2.43 bits per heavy atom. The predicted octanol–water partition coefficient (Wildman–Crippen LogP) is 7.36. The molecule has 2 aromatic carbocycles. The van der Waals surface area contributed by atoms with Gasteiger partial charge >= 0.3 is 0 Å². The molecule has 2 aliphatic rings. The number of rotatable bonds is 4. The number of fused-ring (bicyclic) bond motifs is 2. The number of carbonyl (C=O) groups excluding carboxylic acids is 1. The van der Waals surface area contributed by atoms with Crippen molar-refractivity contribution in [1.82, 2.24) is 10.3 Å². The molecule has 0 unspecified atom stereocenters. The predicted molar refractivity (Wildman–Crippen MR) is 125 cm³/mol. The maximum atomic E-state index is 13.1. The Hall–Kier alpha value is -1.59. The summed E-state index contributed by atoms with van der Waals surface area (Å²) in [7, 11) is 0. The summed E-state index contributed by atoms with van der Waals surface area (Å²) in [6, 6.07) is 13.1. The van der Waals surface area contributed by atoms with Crippen LogP contribution in [0.2, 0.25) is 15.1 Å². The molecule has 1 aromatic heterocycles. The molecule has 5 rings (SSSR count). The molecule has 2 bridgehead atoms. The van der Waals surface area contributed by atoms with Crippen LogP contribution >= 0.6 is 46.1 Å². The van der Waals surface area contributed by atoms with E-state index < -0.39 is 0 Å². The molecule has 0 radical (unpaired) electrons. The fourth-order valence-corrected chi connectivity index (χ4v) is 6.34. The van der Waals surface area contributed by atoms with Gasteiger partial charge in [-0.15, -0.1) is 11.3 Å². The fourth-order valence-electron chi connectivity index (χ4n) is 4.73. The van der Waals surface area contributed by atoms with Crippen molar-refractivity contribution >= 4 is 52.0 Å². The summed E-state index contributed by atoms with van der Waals surface area (Å²) in [5.74, 6) is 1.27. The van der Waals surface area contributed by atoms with Gasteiger partial charge in [-0.05, 0) is 67.0 Å².